The summed E-state index contributed by atoms with van der Waals surface area (Å²) in [5.41, 5.74) is 3.59. The van der Waals surface area contributed by atoms with Crippen LogP contribution in [0, 0.1) is 13.8 Å². The minimum atomic E-state index is -0.418. The monoisotopic (exact) mass is 493 g/mol. The van der Waals surface area contributed by atoms with Gasteiger partial charge in [0.2, 0.25) is 0 Å². The van der Waals surface area contributed by atoms with Gasteiger partial charge in [-0.15, -0.1) is 0 Å². The number of hydrogen-bond acceptors (Lipinski definition) is 6. The second-order valence-corrected chi connectivity index (χ2v) is 8.29. The molecule has 0 fully saturated rings. The van der Waals surface area contributed by atoms with Gasteiger partial charge < -0.3 is 19.2 Å². The van der Waals surface area contributed by atoms with Crippen LogP contribution < -0.4 is 10.1 Å². The van der Waals surface area contributed by atoms with Gasteiger partial charge in [0, 0.05) is 5.02 Å². The van der Waals surface area contributed by atoms with E-state index in [1.807, 2.05) is 42.8 Å². The molecule has 0 bridgehead atoms. The summed E-state index contributed by atoms with van der Waals surface area (Å²) in [5.74, 6) is 0.396. The summed E-state index contributed by atoms with van der Waals surface area (Å²) in [6.07, 6.45) is 0. The Balaban J connectivity index is 1.38. The lowest BCUT2D eigenvalue weighted by molar-refractivity contribution is 0.0600. The number of carbonyl (C=O) groups is 2. The lowest BCUT2D eigenvalue weighted by Gasteiger charge is -2.07. The first kappa shape index (κ1) is 24.1. The van der Waals surface area contributed by atoms with Gasteiger partial charge in [-0.25, -0.2) is 4.79 Å². The van der Waals surface area contributed by atoms with Gasteiger partial charge >= 0.3 is 5.97 Å². The molecule has 0 atom stereocenters. The summed E-state index contributed by atoms with van der Waals surface area (Å²) in [5, 5.41) is 8.11. The highest BCUT2D eigenvalue weighted by Crippen LogP contribution is 2.23. The zero-order valence-electron chi connectivity index (χ0n) is 19.5. The Kier molecular flexibility index (Phi) is 7.22. The standard InChI is InChI=1S/C26H24ClN3O5/c1-16-24(17(2)30(29-16)14-18-5-4-6-20(27)13-18)28-25(31)23-12-11-22(35-23)15-34-21-9-7-19(8-10-21)26(32)33-3/h4-13H,14-15H2,1-3H3,(H,28,31). The van der Waals surface area contributed by atoms with E-state index in [-0.39, 0.29) is 18.3 Å². The Labute approximate surface area is 207 Å². The molecule has 1 N–H and O–H groups in total. The fourth-order valence-electron chi connectivity index (χ4n) is 3.55. The first-order chi connectivity index (χ1) is 16.8. The zero-order chi connectivity index (χ0) is 24.9. The van der Waals surface area contributed by atoms with Crippen LogP contribution in [0.5, 0.6) is 5.75 Å². The van der Waals surface area contributed by atoms with Crippen molar-refractivity contribution in [3.05, 3.63) is 99.7 Å². The number of halogens is 1. The molecule has 2 aromatic heterocycles. The maximum atomic E-state index is 12.8. The molecule has 0 unspecified atom stereocenters. The van der Waals surface area contributed by atoms with Crippen molar-refractivity contribution in [2.75, 3.05) is 12.4 Å². The molecule has 4 rings (SSSR count). The highest BCUT2D eigenvalue weighted by molar-refractivity contribution is 6.30. The smallest absolute Gasteiger partial charge is 0.337 e. The summed E-state index contributed by atoms with van der Waals surface area (Å²) in [6, 6.07) is 17.4. The SMILES string of the molecule is COC(=O)c1ccc(OCc2ccc(C(=O)Nc3c(C)nn(Cc4cccc(Cl)c4)c3C)o2)cc1. The number of methoxy groups -OCH3 is 1. The fourth-order valence-corrected chi connectivity index (χ4v) is 3.77. The van der Waals surface area contributed by atoms with Crippen molar-refractivity contribution in [3.8, 4) is 5.75 Å². The molecule has 2 heterocycles. The van der Waals surface area contributed by atoms with Crippen molar-refractivity contribution in [1.82, 2.24) is 9.78 Å². The Morgan fingerprint density at radius 3 is 2.57 bits per heavy atom. The molecule has 180 valence electrons. The van der Waals surface area contributed by atoms with E-state index in [2.05, 4.69) is 15.2 Å². The highest BCUT2D eigenvalue weighted by atomic mass is 35.5. The highest BCUT2D eigenvalue weighted by Gasteiger charge is 2.18. The lowest BCUT2D eigenvalue weighted by Crippen LogP contribution is -2.12. The number of anilines is 1. The fraction of sp³-hybridized carbons (Fsp3) is 0.192. The van der Waals surface area contributed by atoms with Crippen LogP contribution in [0.15, 0.2) is 65.1 Å². The van der Waals surface area contributed by atoms with Crippen LogP contribution in [-0.4, -0.2) is 28.8 Å². The number of benzene rings is 2. The number of amides is 1. The molecule has 0 aliphatic rings. The number of aryl methyl sites for hydroxylation is 1. The third-order valence-corrected chi connectivity index (χ3v) is 5.62. The van der Waals surface area contributed by atoms with Crippen molar-refractivity contribution in [2.45, 2.75) is 27.0 Å². The summed E-state index contributed by atoms with van der Waals surface area (Å²) in [6.45, 7) is 4.39. The number of esters is 1. The third kappa shape index (κ3) is 5.73. The van der Waals surface area contributed by atoms with Gasteiger partial charge in [-0.1, -0.05) is 23.7 Å². The van der Waals surface area contributed by atoms with Gasteiger partial charge in [0.05, 0.1) is 36.3 Å². The average molecular weight is 494 g/mol. The van der Waals surface area contributed by atoms with E-state index in [1.165, 1.54) is 7.11 Å². The van der Waals surface area contributed by atoms with E-state index in [1.54, 1.807) is 36.4 Å². The van der Waals surface area contributed by atoms with E-state index in [9.17, 15) is 9.59 Å². The normalized spacial score (nSPS) is 10.7. The van der Waals surface area contributed by atoms with Gasteiger partial charge in [-0.3, -0.25) is 9.48 Å². The van der Waals surface area contributed by atoms with E-state index in [0.717, 1.165) is 11.3 Å². The van der Waals surface area contributed by atoms with Crippen LogP contribution >= 0.6 is 11.6 Å². The predicted molar refractivity (Wildman–Crippen MR) is 131 cm³/mol. The molecule has 9 heteroatoms. The number of ether oxygens (including phenoxy) is 2. The van der Waals surface area contributed by atoms with Crippen LogP contribution in [0.2, 0.25) is 5.02 Å². The molecule has 2 aromatic carbocycles. The molecule has 8 nitrogen and oxygen atoms in total. The second kappa shape index (κ2) is 10.5. The first-order valence-electron chi connectivity index (χ1n) is 10.8. The van der Waals surface area contributed by atoms with E-state index in [4.69, 9.17) is 20.8 Å². The molecule has 0 saturated carbocycles. The van der Waals surface area contributed by atoms with Crippen molar-refractivity contribution in [1.29, 1.82) is 0 Å². The van der Waals surface area contributed by atoms with Crippen LogP contribution in [0.3, 0.4) is 0 Å². The van der Waals surface area contributed by atoms with Gasteiger partial charge in [-0.2, -0.15) is 5.10 Å². The van der Waals surface area contributed by atoms with Crippen LogP contribution in [0.4, 0.5) is 5.69 Å². The number of aromatic nitrogens is 2. The van der Waals surface area contributed by atoms with Gasteiger partial charge in [0.25, 0.3) is 5.91 Å². The molecular weight excluding hydrogens is 470 g/mol. The molecular formula is C26H24ClN3O5. The minimum Gasteiger partial charge on any atom is -0.486 e. The number of nitrogens with one attached hydrogen (secondary N) is 1. The Morgan fingerprint density at radius 2 is 1.86 bits per heavy atom. The molecule has 0 aliphatic heterocycles. The molecule has 4 aromatic rings. The molecule has 0 saturated heterocycles. The number of carbonyl (C=O) groups excluding carboxylic acids is 2. The number of rotatable bonds is 8. The van der Waals surface area contributed by atoms with Crippen LogP contribution in [0.1, 0.15) is 43.6 Å². The van der Waals surface area contributed by atoms with Crippen molar-refractivity contribution >= 4 is 29.2 Å². The number of furan rings is 1. The molecule has 1 amide bonds. The molecule has 35 heavy (non-hydrogen) atoms. The summed E-state index contributed by atoms with van der Waals surface area (Å²) in [7, 11) is 1.33. The van der Waals surface area contributed by atoms with Crippen molar-refractivity contribution in [2.24, 2.45) is 0 Å². The quantitative estimate of drug-likeness (QED) is 0.330. The van der Waals surface area contributed by atoms with Crippen LogP contribution in [-0.2, 0) is 17.9 Å². The van der Waals surface area contributed by atoms with Gasteiger partial charge in [0.15, 0.2) is 5.76 Å². The van der Waals surface area contributed by atoms with E-state index < -0.39 is 5.97 Å². The molecule has 0 radical (unpaired) electrons. The van der Waals surface area contributed by atoms with Gasteiger partial charge in [0.1, 0.15) is 18.1 Å². The zero-order valence-corrected chi connectivity index (χ0v) is 20.3. The predicted octanol–water partition coefficient (Wildman–Crippen LogP) is 5.41. The molecule has 0 spiro atoms. The summed E-state index contributed by atoms with van der Waals surface area (Å²) >= 11 is 6.08. The number of nitrogens with zero attached hydrogens (tertiary/aromatic N) is 2. The van der Waals surface area contributed by atoms with Crippen LogP contribution in [0.25, 0.3) is 0 Å². The Morgan fingerprint density at radius 1 is 1.09 bits per heavy atom. The topological polar surface area (TPSA) is 95.6 Å². The van der Waals surface area contributed by atoms with Gasteiger partial charge in [-0.05, 0) is 67.9 Å². The average Bonchev–Trinajstić information content (AvgIpc) is 3.43. The maximum Gasteiger partial charge on any atom is 0.337 e. The number of hydrogen-bond donors (Lipinski definition) is 1. The van der Waals surface area contributed by atoms with E-state index >= 15 is 0 Å². The summed E-state index contributed by atoms with van der Waals surface area (Å²) < 4.78 is 17.8. The second-order valence-electron chi connectivity index (χ2n) is 7.86. The Bertz CT molecular complexity index is 1360. The van der Waals surface area contributed by atoms with E-state index in [0.29, 0.717) is 40.0 Å². The third-order valence-electron chi connectivity index (χ3n) is 5.38. The largest absolute Gasteiger partial charge is 0.486 e. The minimum absolute atomic E-state index is 0.125. The maximum absolute atomic E-state index is 12.8. The molecule has 0 aliphatic carbocycles. The van der Waals surface area contributed by atoms with Crippen molar-refractivity contribution in [3.63, 3.8) is 0 Å². The Hall–Kier alpha value is -4.04. The first-order valence-corrected chi connectivity index (χ1v) is 11.2. The summed E-state index contributed by atoms with van der Waals surface area (Å²) in [4.78, 5) is 24.3. The van der Waals surface area contributed by atoms with Crippen molar-refractivity contribution < 1.29 is 23.5 Å². The lowest BCUT2D eigenvalue weighted by atomic mass is 10.2.